The molecule has 0 atom stereocenters. The number of aliphatic imine (C=N–C) groups is 1. The minimum Gasteiger partial charge on any atom is -0.370 e. The fourth-order valence-corrected chi connectivity index (χ4v) is 4.34. The van der Waals surface area contributed by atoms with Gasteiger partial charge in [0.05, 0.1) is 0 Å². The molecule has 0 unspecified atom stereocenters. The van der Waals surface area contributed by atoms with Crippen molar-refractivity contribution < 1.29 is 0 Å². The van der Waals surface area contributed by atoms with E-state index in [0.717, 1.165) is 30.4 Å². The zero-order valence-corrected chi connectivity index (χ0v) is 15.9. The number of para-hydroxylation sites is 2. The Morgan fingerprint density at radius 2 is 1.80 bits per heavy atom. The molecule has 0 amide bonds. The van der Waals surface area contributed by atoms with Gasteiger partial charge in [0.1, 0.15) is 0 Å². The van der Waals surface area contributed by atoms with Crippen molar-refractivity contribution in [1.82, 2.24) is 0 Å². The Kier molecular flexibility index (Phi) is 6.27. The molecule has 0 fully saturated rings. The third-order valence-electron chi connectivity index (χ3n) is 4.70. The second-order valence-electron chi connectivity index (χ2n) is 6.29. The molecule has 2 aliphatic heterocycles. The molecule has 2 heterocycles. The van der Waals surface area contributed by atoms with E-state index >= 15 is 0 Å². The molecule has 0 saturated carbocycles. The van der Waals surface area contributed by atoms with E-state index in [2.05, 4.69) is 58.7 Å². The van der Waals surface area contributed by atoms with Crippen LogP contribution in [0.5, 0.6) is 0 Å². The van der Waals surface area contributed by atoms with Crippen LogP contribution in [-0.4, -0.2) is 30.6 Å². The van der Waals surface area contributed by atoms with Gasteiger partial charge >= 0.3 is 0 Å². The summed E-state index contributed by atoms with van der Waals surface area (Å²) in [6.07, 6.45) is 3.49. The van der Waals surface area contributed by atoms with Gasteiger partial charge in [-0.1, -0.05) is 48.2 Å². The maximum Gasteiger partial charge on any atom is 0.161 e. The minimum absolute atomic E-state index is 0. The van der Waals surface area contributed by atoms with Crippen LogP contribution in [0.2, 0.25) is 0 Å². The van der Waals surface area contributed by atoms with Crippen molar-refractivity contribution in [3.8, 4) is 0 Å². The first-order valence-electron chi connectivity index (χ1n) is 8.75. The number of benzene rings is 2. The summed E-state index contributed by atoms with van der Waals surface area (Å²) < 4.78 is 0. The molecule has 0 aromatic heterocycles. The Labute approximate surface area is 160 Å². The number of nitrogens with one attached hydrogen (secondary N) is 1. The molecular weight excluding hydrogens is 350 g/mol. The third-order valence-corrected chi connectivity index (χ3v) is 5.59. The fraction of sp³-hybridized carbons (Fsp3) is 0.350. The third kappa shape index (κ3) is 4.31. The van der Waals surface area contributed by atoms with Crippen molar-refractivity contribution in [2.75, 3.05) is 35.6 Å². The van der Waals surface area contributed by atoms with Crippen LogP contribution in [0.15, 0.2) is 53.5 Å². The zero-order chi connectivity index (χ0) is 16.2. The molecule has 2 aliphatic rings. The van der Waals surface area contributed by atoms with Gasteiger partial charge in [-0.25, -0.2) is 0 Å². The summed E-state index contributed by atoms with van der Waals surface area (Å²) in [7, 11) is 0. The number of aryl methyl sites for hydroxylation is 1. The average Bonchev–Trinajstić information content (AvgIpc) is 2.84. The largest absolute Gasteiger partial charge is 0.370 e. The van der Waals surface area contributed by atoms with Crippen molar-refractivity contribution >= 4 is 40.7 Å². The molecule has 25 heavy (non-hydrogen) atoms. The van der Waals surface area contributed by atoms with E-state index in [1.807, 2.05) is 11.8 Å². The Bertz CT molecular complexity index is 747. The summed E-state index contributed by atoms with van der Waals surface area (Å²) in [6, 6.07) is 17.4. The van der Waals surface area contributed by atoms with E-state index in [4.69, 9.17) is 4.99 Å². The van der Waals surface area contributed by atoms with Gasteiger partial charge in [0, 0.05) is 36.8 Å². The van der Waals surface area contributed by atoms with Crippen LogP contribution in [0.1, 0.15) is 17.5 Å². The number of anilines is 2. The SMILES string of the molecule is Cl.c1ccc2c(c1)CCN=C(SCCN1CCCc3ccccc31)N2. The molecule has 0 aliphatic carbocycles. The van der Waals surface area contributed by atoms with Crippen molar-refractivity contribution in [2.24, 2.45) is 4.99 Å². The monoisotopic (exact) mass is 373 g/mol. The molecule has 2 aromatic carbocycles. The molecule has 3 nitrogen and oxygen atoms in total. The molecule has 132 valence electrons. The lowest BCUT2D eigenvalue weighted by molar-refractivity contribution is 0.710. The van der Waals surface area contributed by atoms with E-state index in [0.29, 0.717) is 0 Å². The van der Waals surface area contributed by atoms with Gasteiger partial charge in [0.2, 0.25) is 0 Å². The summed E-state index contributed by atoms with van der Waals surface area (Å²) in [4.78, 5) is 7.24. The highest BCUT2D eigenvalue weighted by Crippen LogP contribution is 2.27. The Hall–Kier alpha value is -1.65. The van der Waals surface area contributed by atoms with Gasteiger partial charge < -0.3 is 10.2 Å². The highest BCUT2D eigenvalue weighted by atomic mass is 35.5. The molecule has 0 spiro atoms. The van der Waals surface area contributed by atoms with Crippen LogP contribution in [0.3, 0.4) is 0 Å². The topological polar surface area (TPSA) is 27.6 Å². The van der Waals surface area contributed by atoms with E-state index in [9.17, 15) is 0 Å². The van der Waals surface area contributed by atoms with Crippen LogP contribution in [-0.2, 0) is 12.8 Å². The van der Waals surface area contributed by atoms with Gasteiger partial charge in [-0.2, -0.15) is 0 Å². The maximum atomic E-state index is 4.71. The number of nitrogens with zero attached hydrogens (tertiary/aromatic N) is 2. The maximum absolute atomic E-state index is 4.71. The van der Waals surface area contributed by atoms with Crippen molar-refractivity contribution in [3.05, 3.63) is 59.7 Å². The van der Waals surface area contributed by atoms with Crippen molar-refractivity contribution in [1.29, 1.82) is 0 Å². The van der Waals surface area contributed by atoms with E-state index in [1.165, 1.54) is 41.9 Å². The van der Waals surface area contributed by atoms with Crippen molar-refractivity contribution in [3.63, 3.8) is 0 Å². The van der Waals surface area contributed by atoms with Crippen LogP contribution < -0.4 is 10.2 Å². The first-order chi connectivity index (χ1) is 11.9. The molecule has 0 radical (unpaired) electrons. The Morgan fingerprint density at radius 1 is 1.00 bits per heavy atom. The molecule has 5 heteroatoms. The smallest absolute Gasteiger partial charge is 0.161 e. The second-order valence-corrected chi connectivity index (χ2v) is 7.37. The van der Waals surface area contributed by atoms with Crippen molar-refractivity contribution in [2.45, 2.75) is 19.3 Å². The molecule has 0 bridgehead atoms. The lowest BCUT2D eigenvalue weighted by Crippen LogP contribution is -2.31. The summed E-state index contributed by atoms with van der Waals surface area (Å²) in [5.74, 6) is 1.06. The van der Waals surface area contributed by atoms with Crippen LogP contribution in [0, 0.1) is 0 Å². The molecule has 2 aromatic rings. The van der Waals surface area contributed by atoms with Gasteiger partial charge in [-0.3, -0.25) is 4.99 Å². The molecule has 4 rings (SSSR count). The number of amidine groups is 1. The Balaban J connectivity index is 0.00000182. The van der Waals surface area contributed by atoms with Gasteiger partial charge in [0.25, 0.3) is 0 Å². The lowest BCUT2D eigenvalue weighted by Gasteiger charge is -2.31. The zero-order valence-electron chi connectivity index (χ0n) is 14.3. The quantitative estimate of drug-likeness (QED) is 0.850. The van der Waals surface area contributed by atoms with Crippen LogP contribution in [0.4, 0.5) is 11.4 Å². The molecular formula is C20H24ClN3S. The highest BCUT2D eigenvalue weighted by molar-refractivity contribution is 8.14. The molecule has 0 saturated heterocycles. The van der Waals surface area contributed by atoms with Gasteiger partial charge in [0.15, 0.2) is 5.17 Å². The lowest BCUT2D eigenvalue weighted by atomic mass is 10.0. The second kappa shape index (κ2) is 8.63. The minimum atomic E-state index is 0. The highest BCUT2D eigenvalue weighted by Gasteiger charge is 2.16. The number of hydrogen-bond donors (Lipinski definition) is 1. The first kappa shape index (κ1) is 18.2. The van der Waals surface area contributed by atoms with E-state index < -0.39 is 0 Å². The summed E-state index contributed by atoms with van der Waals surface area (Å²) in [5, 5.41) is 4.57. The Morgan fingerprint density at radius 3 is 2.72 bits per heavy atom. The predicted octanol–water partition coefficient (Wildman–Crippen LogP) is 4.62. The van der Waals surface area contributed by atoms with E-state index in [-0.39, 0.29) is 12.4 Å². The fourth-order valence-electron chi connectivity index (χ4n) is 3.47. The molecule has 1 N–H and O–H groups in total. The van der Waals surface area contributed by atoms with Gasteiger partial charge in [-0.15, -0.1) is 12.4 Å². The number of halogens is 1. The normalized spacial score (nSPS) is 15.8. The average molecular weight is 374 g/mol. The number of rotatable bonds is 3. The van der Waals surface area contributed by atoms with E-state index in [1.54, 1.807) is 0 Å². The van der Waals surface area contributed by atoms with Gasteiger partial charge in [-0.05, 0) is 42.5 Å². The summed E-state index contributed by atoms with van der Waals surface area (Å²) in [6.45, 7) is 3.11. The standard InChI is InChI=1S/C20H23N3S.ClH/c1-3-9-18-16(6-1)11-12-21-20(22-18)24-15-14-23-13-5-8-17-7-2-4-10-19(17)23;/h1-4,6-7,9-10H,5,8,11-15H2,(H,21,22);1H. The number of thioether (sulfide) groups is 1. The van der Waals surface area contributed by atoms with Crippen LogP contribution in [0.25, 0.3) is 0 Å². The number of hydrogen-bond acceptors (Lipinski definition) is 4. The number of fused-ring (bicyclic) bond motifs is 2. The first-order valence-corrected chi connectivity index (χ1v) is 9.74. The van der Waals surface area contributed by atoms with Crippen LogP contribution >= 0.6 is 24.2 Å². The summed E-state index contributed by atoms with van der Waals surface area (Å²) >= 11 is 1.84. The predicted molar refractivity (Wildman–Crippen MR) is 113 cm³/mol. The summed E-state index contributed by atoms with van der Waals surface area (Å²) in [5.41, 5.74) is 5.49.